The number of para-hydroxylation sites is 3. The van der Waals surface area contributed by atoms with E-state index in [0.29, 0.717) is 0 Å². The Labute approximate surface area is 783 Å². The summed E-state index contributed by atoms with van der Waals surface area (Å²) in [7, 11) is 0. The minimum atomic E-state index is -0.437. The zero-order valence-corrected chi connectivity index (χ0v) is 74.3. The monoisotopic (exact) mass is 1870 g/mol. The van der Waals surface area contributed by atoms with Crippen molar-refractivity contribution in [1.82, 2.24) is 15.0 Å². The molecule has 3 aliphatic rings. The molecule has 6 nitrogen and oxygen atoms in total. The molecule has 0 fully saturated rings. The molecule has 0 N–H and O–H groups in total. The maximum atomic E-state index is 6.33. The summed E-state index contributed by atoms with van der Waals surface area (Å²) < 4.78 is 19.0. The number of hydrogen-bond acceptors (Lipinski definition) is 6. The van der Waals surface area contributed by atoms with Crippen molar-refractivity contribution in [2.45, 2.75) is 16.2 Å². The molecule has 624 valence electrons. The third-order valence-electron chi connectivity index (χ3n) is 27.4. The predicted molar refractivity (Wildman–Crippen MR) is 536 cm³/mol. The maximum Gasteiger partial charge on any atom is 3.00 e. The molecule has 6 heterocycles. The quantitative estimate of drug-likeness (QED) is 0.113. The van der Waals surface area contributed by atoms with Crippen molar-refractivity contribution in [3.05, 3.63) is 559 Å². The van der Waals surface area contributed by atoms with Gasteiger partial charge in [0.25, 0.3) is 0 Å². The van der Waals surface area contributed by atoms with Gasteiger partial charge in [0, 0.05) is 34.7 Å². The number of fused-ring (bicyclic) bond motifs is 18. The van der Waals surface area contributed by atoms with Crippen LogP contribution in [-0.2, 0) is 36.4 Å². The fourth-order valence-electron chi connectivity index (χ4n) is 21.8. The molecule has 0 spiro atoms. The Bertz CT molecular complexity index is 7710. The van der Waals surface area contributed by atoms with Crippen molar-refractivity contribution in [3.8, 4) is 101 Å². The SMILES string of the molecule is [Ir+3].[c-]1ccc2c(oc3ccccc32)c1-c1cc(-c2cccc(C3(c4ccccc4)c4ccccc4-c4ccccc43)c2)ccn1.[c-]1ccc2c(oc3ccccc32)c1-c1cc(-c2cccc(C3(c4ccccc4)c4ccccc4-c4ccccc43)c2)ccn1.[c-]1ccc2c(oc3ccccc32)c1-c1cc(-c2cccc(C3(c4ccccc4)c4ccccc4-c4ccccc43)c2)ccn1. The minimum Gasteiger partial charge on any atom is -0.501 e. The molecule has 0 atom stereocenters. The van der Waals surface area contributed by atoms with Crippen LogP contribution >= 0.6 is 0 Å². The van der Waals surface area contributed by atoms with Crippen molar-refractivity contribution < 1.29 is 33.4 Å². The molecule has 133 heavy (non-hydrogen) atoms. The van der Waals surface area contributed by atoms with Crippen LogP contribution < -0.4 is 0 Å². The first-order chi connectivity index (χ1) is 65.5. The Morgan fingerprint density at radius 1 is 0.188 bits per heavy atom. The summed E-state index contributed by atoms with van der Waals surface area (Å²) >= 11 is 0. The number of pyridine rings is 3. The summed E-state index contributed by atoms with van der Waals surface area (Å²) in [5.41, 5.74) is 38.7. The van der Waals surface area contributed by atoms with Crippen LogP contribution in [0.15, 0.2) is 487 Å². The van der Waals surface area contributed by atoms with Gasteiger partial charge >= 0.3 is 20.1 Å². The molecule has 0 bridgehead atoms. The van der Waals surface area contributed by atoms with Gasteiger partial charge in [-0.1, -0.05) is 397 Å². The third kappa shape index (κ3) is 12.8. The second-order valence-corrected chi connectivity index (χ2v) is 34.2. The topological polar surface area (TPSA) is 78.1 Å². The van der Waals surface area contributed by atoms with Crippen LogP contribution in [0.5, 0.6) is 0 Å². The van der Waals surface area contributed by atoms with E-state index in [0.717, 1.165) is 133 Å². The minimum absolute atomic E-state index is 0. The van der Waals surface area contributed by atoms with Crippen molar-refractivity contribution in [1.29, 1.82) is 0 Å². The van der Waals surface area contributed by atoms with E-state index >= 15 is 0 Å². The molecule has 18 aromatic carbocycles. The zero-order valence-electron chi connectivity index (χ0n) is 71.9. The number of hydrogen-bond donors (Lipinski definition) is 0. The van der Waals surface area contributed by atoms with E-state index in [4.69, 9.17) is 28.2 Å². The van der Waals surface area contributed by atoms with Crippen molar-refractivity contribution in [2.24, 2.45) is 0 Å². The number of furan rings is 3. The Morgan fingerprint density at radius 2 is 0.414 bits per heavy atom. The number of aromatic nitrogens is 3. The van der Waals surface area contributed by atoms with Gasteiger partial charge in [0.1, 0.15) is 16.7 Å². The third-order valence-corrected chi connectivity index (χ3v) is 27.4. The second-order valence-electron chi connectivity index (χ2n) is 34.2. The van der Waals surface area contributed by atoms with E-state index in [9.17, 15) is 0 Å². The summed E-state index contributed by atoms with van der Waals surface area (Å²) in [6.07, 6.45) is 5.67. The van der Waals surface area contributed by atoms with Crippen molar-refractivity contribution in [2.75, 3.05) is 0 Å². The van der Waals surface area contributed by atoms with Gasteiger partial charge in [-0.2, -0.15) is 0 Å². The van der Waals surface area contributed by atoms with Gasteiger partial charge in [0.05, 0.1) is 33.0 Å². The van der Waals surface area contributed by atoms with Gasteiger partial charge in [-0.05, 0) is 205 Å². The molecule has 0 aliphatic heterocycles. The fourth-order valence-corrected chi connectivity index (χ4v) is 21.8. The van der Waals surface area contributed by atoms with Crippen LogP contribution in [0.2, 0.25) is 0 Å². The maximum absolute atomic E-state index is 6.33. The van der Waals surface area contributed by atoms with E-state index in [2.05, 4.69) is 400 Å². The standard InChI is InChI=1S/3C42H26NO.Ir/c3*1-2-13-30(14-3-1)42(37-21-7-4-16-32(37)33-17-5-8-22-38(33)42)31-15-10-12-28(26-31)29-24-25-43-39(27-29)36-20-11-19-35-34-18-6-9-23-40(34)44-41(35)36;/h3*1-19,21-27H;/q3*-1;+3. The number of nitrogens with zero attached hydrogens (tertiary/aromatic N) is 3. The molecule has 6 aromatic heterocycles. The summed E-state index contributed by atoms with van der Waals surface area (Å²) in [4.78, 5) is 14.4. The Kier molecular flexibility index (Phi) is 19.7. The fraction of sp³-hybridized carbons (Fsp3) is 0.0238. The molecule has 7 heteroatoms. The molecule has 3 aliphatic carbocycles. The van der Waals surface area contributed by atoms with E-state index < -0.39 is 16.2 Å². The van der Waals surface area contributed by atoms with Crippen molar-refractivity contribution >= 4 is 65.8 Å². The van der Waals surface area contributed by atoms with Gasteiger partial charge in [0.15, 0.2) is 0 Å². The van der Waals surface area contributed by atoms with Crippen LogP contribution in [0.1, 0.15) is 66.8 Å². The van der Waals surface area contributed by atoms with Gasteiger partial charge in [0.2, 0.25) is 0 Å². The first kappa shape index (κ1) is 79.8. The Hall–Kier alpha value is -16.5. The molecular weight excluding hydrogens is 1800 g/mol. The zero-order chi connectivity index (χ0) is 87.3. The smallest absolute Gasteiger partial charge is 0.501 e. The van der Waals surface area contributed by atoms with Gasteiger partial charge in [-0.15, -0.1) is 54.6 Å². The number of rotatable bonds is 12. The molecule has 0 amide bonds. The van der Waals surface area contributed by atoms with E-state index in [1.165, 1.54) is 100 Å². The van der Waals surface area contributed by atoms with E-state index in [-0.39, 0.29) is 20.1 Å². The first-order valence-corrected chi connectivity index (χ1v) is 44.9. The van der Waals surface area contributed by atoms with Crippen LogP contribution in [0.4, 0.5) is 0 Å². The first-order valence-electron chi connectivity index (χ1n) is 44.9. The van der Waals surface area contributed by atoms with Crippen LogP contribution in [0, 0.1) is 18.2 Å². The molecule has 0 unspecified atom stereocenters. The molecule has 0 radical (unpaired) electrons. The summed E-state index contributed by atoms with van der Waals surface area (Å²) in [6.45, 7) is 0. The normalized spacial score (nSPS) is 13.1. The summed E-state index contributed by atoms with van der Waals surface area (Å²) in [5.74, 6) is 0. The van der Waals surface area contributed by atoms with E-state index in [1.54, 1.807) is 0 Å². The average molecular weight is 1870 g/mol. The summed E-state index contributed by atoms with van der Waals surface area (Å²) in [5, 5.41) is 6.53. The van der Waals surface area contributed by atoms with Gasteiger partial charge in [-0.3, -0.25) is 0 Å². The van der Waals surface area contributed by atoms with Crippen LogP contribution in [0.3, 0.4) is 0 Å². The molecule has 27 rings (SSSR count). The molecule has 0 saturated carbocycles. The molecular formula is C126H78IrN3O3. The second kappa shape index (κ2) is 32.9. The van der Waals surface area contributed by atoms with Crippen LogP contribution in [-0.4, -0.2) is 15.0 Å². The molecule has 0 saturated heterocycles. The van der Waals surface area contributed by atoms with Gasteiger partial charge < -0.3 is 28.2 Å². The van der Waals surface area contributed by atoms with Gasteiger partial charge in [-0.25, -0.2) is 0 Å². The number of benzene rings is 18. The largest absolute Gasteiger partial charge is 3.00 e. The Morgan fingerprint density at radius 3 is 0.684 bits per heavy atom. The Balaban J connectivity index is 0.000000109. The van der Waals surface area contributed by atoms with Crippen molar-refractivity contribution in [3.63, 3.8) is 0 Å². The summed E-state index contributed by atoms with van der Waals surface area (Å²) in [6, 6.07) is 173. The van der Waals surface area contributed by atoms with Crippen LogP contribution in [0.25, 0.3) is 166 Å². The predicted octanol–water partition coefficient (Wildman–Crippen LogP) is 31.4. The van der Waals surface area contributed by atoms with E-state index in [1.807, 2.05) is 91.4 Å². The molecule has 24 aromatic rings. The average Bonchev–Trinajstić information content (AvgIpc) is 1.55.